The van der Waals surface area contributed by atoms with Crippen LogP contribution in [0.2, 0.25) is 0 Å². The standard InChI is InChI=1S/C23H18F3N7O/c1-3-21(34)29-16-4-5-19(26)20(9-16)31-22-18(13-6-14(24)8-15(25)7-13)11-27-23(32-22)30-17-10-28-33(2)12-17/h3-12H,1H2,2H3,(H,29,34)(H2,27,30,31,32)/i8D. The van der Waals surface area contributed by atoms with Gasteiger partial charge in [0.05, 0.1) is 18.9 Å². The molecule has 0 fully saturated rings. The molecule has 0 radical (unpaired) electrons. The van der Waals surface area contributed by atoms with Gasteiger partial charge in [0.15, 0.2) is 0 Å². The summed E-state index contributed by atoms with van der Waals surface area (Å²) in [4.78, 5) is 20.1. The molecule has 2 aromatic heterocycles. The number of aryl methyl sites for hydroxylation is 1. The Labute approximate surface area is 193 Å². The second kappa shape index (κ2) is 9.45. The van der Waals surface area contributed by atoms with E-state index < -0.39 is 29.4 Å². The molecule has 172 valence electrons. The summed E-state index contributed by atoms with van der Waals surface area (Å²) in [5, 5.41) is 12.3. The summed E-state index contributed by atoms with van der Waals surface area (Å²) in [6.07, 6.45) is 5.57. The summed E-state index contributed by atoms with van der Waals surface area (Å²) in [5.41, 5.74) is 0.945. The van der Waals surface area contributed by atoms with E-state index in [1.807, 2.05) is 0 Å². The van der Waals surface area contributed by atoms with Crippen LogP contribution in [0.25, 0.3) is 11.1 Å². The van der Waals surface area contributed by atoms with Crippen molar-refractivity contribution in [1.82, 2.24) is 19.7 Å². The number of carbonyl (C=O) groups is 1. The van der Waals surface area contributed by atoms with Crippen LogP contribution in [0.1, 0.15) is 1.37 Å². The number of carbonyl (C=O) groups excluding carboxylic acids is 1. The van der Waals surface area contributed by atoms with Crippen LogP contribution in [0.3, 0.4) is 0 Å². The minimum atomic E-state index is -1.08. The molecule has 11 heteroatoms. The third-order valence-corrected chi connectivity index (χ3v) is 4.54. The largest absolute Gasteiger partial charge is 0.337 e. The van der Waals surface area contributed by atoms with E-state index in [2.05, 4.69) is 37.6 Å². The molecule has 8 nitrogen and oxygen atoms in total. The van der Waals surface area contributed by atoms with Gasteiger partial charge in [-0.05, 0) is 42.0 Å². The minimum absolute atomic E-state index is 0.00835. The van der Waals surface area contributed by atoms with Crippen molar-refractivity contribution in [1.29, 1.82) is 0 Å². The average Bonchev–Trinajstić information content (AvgIpc) is 3.23. The quantitative estimate of drug-likeness (QED) is 0.335. The number of benzene rings is 2. The second-order valence-corrected chi connectivity index (χ2v) is 7.06. The minimum Gasteiger partial charge on any atom is -0.337 e. The van der Waals surface area contributed by atoms with E-state index in [1.165, 1.54) is 24.5 Å². The van der Waals surface area contributed by atoms with Crippen LogP contribution in [0.15, 0.2) is 67.6 Å². The lowest BCUT2D eigenvalue weighted by atomic mass is 10.1. The van der Waals surface area contributed by atoms with Crippen molar-refractivity contribution < 1.29 is 19.3 Å². The second-order valence-electron chi connectivity index (χ2n) is 7.06. The van der Waals surface area contributed by atoms with E-state index in [9.17, 15) is 18.0 Å². The van der Waals surface area contributed by atoms with Crippen LogP contribution in [0.5, 0.6) is 0 Å². The zero-order valence-corrected chi connectivity index (χ0v) is 17.7. The highest BCUT2D eigenvalue weighted by Gasteiger charge is 2.15. The maximum Gasteiger partial charge on any atom is 0.247 e. The Balaban J connectivity index is 1.78. The molecule has 34 heavy (non-hydrogen) atoms. The molecule has 0 bridgehead atoms. The van der Waals surface area contributed by atoms with E-state index >= 15 is 0 Å². The smallest absolute Gasteiger partial charge is 0.247 e. The fraction of sp³-hybridized carbons (Fsp3) is 0.0435. The number of hydrogen-bond acceptors (Lipinski definition) is 6. The van der Waals surface area contributed by atoms with Gasteiger partial charge in [0.2, 0.25) is 11.9 Å². The van der Waals surface area contributed by atoms with Crippen molar-refractivity contribution in [2.75, 3.05) is 16.0 Å². The Hall–Kier alpha value is -4.67. The summed E-state index contributed by atoms with van der Waals surface area (Å²) in [6, 6.07) is 4.85. The summed E-state index contributed by atoms with van der Waals surface area (Å²) in [5.74, 6) is -3.22. The van der Waals surface area contributed by atoms with Crippen molar-refractivity contribution in [2.24, 2.45) is 7.05 Å². The van der Waals surface area contributed by atoms with Crippen LogP contribution in [-0.4, -0.2) is 25.7 Å². The first-order chi connectivity index (χ1) is 16.7. The Kier molecular flexibility index (Phi) is 5.89. The lowest BCUT2D eigenvalue weighted by Gasteiger charge is -2.14. The molecular formula is C23H18F3N7O. The number of nitrogens with zero attached hydrogens (tertiary/aromatic N) is 4. The number of amides is 1. The van der Waals surface area contributed by atoms with E-state index in [0.29, 0.717) is 5.69 Å². The number of hydrogen-bond donors (Lipinski definition) is 3. The van der Waals surface area contributed by atoms with Gasteiger partial charge in [-0.1, -0.05) is 6.58 Å². The summed E-state index contributed by atoms with van der Waals surface area (Å²) in [7, 11) is 1.72. The molecule has 4 rings (SSSR count). The lowest BCUT2D eigenvalue weighted by molar-refractivity contribution is -0.111. The van der Waals surface area contributed by atoms with E-state index in [1.54, 1.807) is 17.9 Å². The van der Waals surface area contributed by atoms with Gasteiger partial charge in [0, 0.05) is 36.7 Å². The Morgan fingerprint density at radius 1 is 1.12 bits per heavy atom. The fourth-order valence-corrected chi connectivity index (χ4v) is 3.04. The zero-order chi connectivity index (χ0) is 25.1. The maximum atomic E-state index is 14.6. The number of aromatic nitrogens is 4. The Bertz CT molecular complexity index is 1420. The molecule has 0 atom stereocenters. The first-order valence-electron chi connectivity index (χ1n) is 10.3. The first kappa shape index (κ1) is 21.2. The van der Waals surface area contributed by atoms with Crippen molar-refractivity contribution in [3.63, 3.8) is 0 Å². The highest BCUT2D eigenvalue weighted by molar-refractivity contribution is 5.99. The molecule has 2 heterocycles. The number of halogens is 3. The third kappa shape index (κ3) is 5.21. The topological polar surface area (TPSA) is 96.8 Å². The zero-order valence-electron chi connectivity index (χ0n) is 18.7. The van der Waals surface area contributed by atoms with E-state index in [4.69, 9.17) is 1.37 Å². The normalized spacial score (nSPS) is 11.0. The third-order valence-electron chi connectivity index (χ3n) is 4.54. The van der Waals surface area contributed by atoms with Crippen LogP contribution >= 0.6 is 0 Å². The van der Waals surface area contributed by atoms with E-state index in [0.717, 1.165) is 24.3 Å². The van der Waals surface area contributed by atoms with Crippen molar-refractivity contribution in [2.45, 2.75) is 0 Å². The predicted molar refractivity (Wildman–Crippen MR) is 122 cm³/mol. The predicted octanol–water partition coefficient (Wildman–Crippen LogP) is 4.91. The lowest BCUT2D eigenvalue weighted by Crippen LogP contribution is -2.08. The number of anilines is 5. The van der Waals surface area contributed by atoms with Crippen LogP contribution in [0.4, 0.5) is 42.0 Å². The Morgan fingerprint density at radius 3 is 2.56 bits per heavy atom. The van der Waals surface area contributed by atoms with E-state index in [-0.39, 0.29) is 34.3 Å². The monoisotopic (exact) mass is 466 g/mol. The van der Waals surface area contributed by atoms with Crippen molar-refractivity contribution in [3.8, 4) is 11.1 Å². The summed E-state index contributed by atoms with van der Waals surface area (Å²) in [6.45, 7) is 3.37. The fourth-order valence-electron chi connectivity index (χ4n) is 3.04. The summed E-state index contributed by atoms with van der Waals surface area (Å²) < 4.78 is 51.8. The molecule has 0 aliphatic rings. The SMILES string of the molecule is [2H]c1c(F)cc(-c2cnc(Nc3cnn(C)c3)nc2Nc2cc(NC(=O)C=C)ccc2F)cc1F. The Morgan fingerprint density at radius 2 is 1.88 bits per heavy atom. The number of rotatable bonds is 7. The van der Waals surface area contributed by atoms with Gasteiger partial charge < -0.3 is 16.0 Å². The molecule has 1 amide bonds. The van der Waals surface area contributed by atoms with Gasteiger partial charge in [-0.2, -0.15) is 10.1 Å². The summed E-state index contributed by atoms with van der Waals surface area (Å²) >= 11 is 0. The van der Waals surface area contributed by atoms with Gasteiger partial charge in [-0.25, -0.2) is 18.2 Å². The van der Waals surface area contributed by atoms with Gasteiger partial charge in [0.1, 0.15) is 23.3 Å². The highest BCUT2D eigenvalue weighted by atomic mass is 19.1. The highest BCUT2D eigenvalue weighted by Crippen LogP contribution is 2.32. The van der Waals surface area contributed by atoms with Crippen LogP contribution in [0, 0.1) is 17.5 Å². The number of nitrogens with one attached hydrogen (secondary N) is 3. The molecule has 0 saturated carbocycles. The molecule has 0 spiro atoms. The van der Waals surface area contributed by atoms with Crippen LogP contribution < -0.4 is 16.0 Å². The first-order valence-corrected chi connectivity index (χ1v) is 9.82. The van der Waals surface area contributed by atoms with Crippen LogP contribution in [-0.2, 0) is 11.8 Å². The molecule has 4 aromatic rings. The van der Waals surface area contributed by atoms with Gasteiger partial charge >= 0.3 is 0 Å². The molecule has 0 saturated heterocycles. The van der Waals surface area contributed by atoms with Crippen molar-refractivity contribution >= 4 is 34.7 Å². The molecule has 2 aromatic carbocycles. The van der Waals surface area contributed by atoms with Gasteiger partial charge in [0.25, 0.3) is 0 Å². The van der Waals surface area contributed by atoms with Crippen molar-refractivity contribution in [3.05, 3.63) is 85.1 Å². The maximum absolute atomic E-state index is 14.6. The molecule has 0 unspecified atom stereocenters. The van der Waals surface area contributed by atoms with Gasteiger partial charge in [-0.15, -0.1) is 0 Å². The van der Waals surface area contributed by atoms with Gasteiger partial charge in [-0.3, -0.25) is 9.48 Å². The molecule has 0 aliphatic carbocycles. The average molecular weight is 466 g/mol. The molecule has 3 N–H and O–H groups in total. The molecular weight excluding hydrogens is 447 g/mol. The molecule has 0 aliphatic heterocycles.